The van der Waals surface area contributed by atoms with Gasteiger partial charge in [-0.1, -0.05) is 25.8 Å². The van der Waals surface area contributed by atoms with Gasteiger partial charge in [-0.25, -0.2) is 4.79 Å². The average Bonchev–Trinajstić information content (AvgIpc) is 2.64. The highest BCUT2D eigenvalue weighted by atomic mass is 32.1. The van der Waals surface area contributed by atoms with Crippen LogP contribution in [0.3, 0.4) is 0 Å². The number of thiocarbonyl (C=S) groups is 1. The summed E-state index contributed by atoms with van der Waals surface area (Å²) in [6.45, 7) is 6.70. The molecule has 6 nitrogen and oxygen atoms in total. The van der Waals surface area contributed by atoms with Crippen molar-refractivity contribution >= 4 is 23.3 Å². The van der Waals surface area contributed by atoms with Gasteiger partial charge in [-0.3, -0.25) is 0 Å². The molecule has 0 saturated carbocycles. The summed E-state index contributed by atoms with van der Waals surface area (Å²) >= 11 is 5.27. The monoisotopic (exact) mass is 392 g/mol. The van der Waals surface area contributed by atoms with E-state index in [1.807, 2.05) is 25.1 Å². The van der Waals surface area contributed by atoms with E-state index in [2.05, 4.69) is 17.6 Å². The van der Waals surface area contributed by atoms with E-state index in [1.165, 1.54) is 0 Å². The zero-order chi connectivity index (χ0) is 19.8. The molecule has 0 aliphatic carbocycles. The Labute approximate surface area is 166 Å². The van der Waals surface area contributed by atoms with E-state index in [0.717, 1.165) is 24.8 Å². The van der Waals surface area contributed by atoms with E-state index in [0.29, 0.717) is 41.1 Å². The molecule has 1 aromatic carbocycles. The summed E-state index contributed by atoms with van der Waals surface area (Å²) < 4.78 is 16.6. The first kappa shape index (κ1) is 21.0. The maximum Gasteiger partial charge on any atom is 0.338 e. The van der Waals surface area contributed by atoms with E-state index in [-0.39, 0.29) is 5.97 Å². The van der Waals surface area contributed by atoms with Crippen molar-refractivity contribution < 1.29 is 19.0 Å². The molecule has 1 aliphatic heterocycles. The number of ether oxygens (including phenoxy) is 3. The molecular formula is C20H28N2O4S. The smallest absolute Gasteiger partial charge is 0.338 e. The fourth-order valence-corrected chi connectivity index (χ4v) is 3.21. The molecule has 0 spiro atoms. The van der Waals surface area contributed by atoms with Crippen molar-refractivity contribution in [3.05, 3.63) is 35.0 Å². The molecule has 0 saturated heterocycles. The number of nitrogens with one attached hydrogen (secondary N) is 2. The largest absolute Gasteiger partial charge is 0.493 e. The minimum atomic E-state index is -0.416. The molecular weight excluding hydrogens is 364 g/mol. The molecule has 1 atom stereocenters. The maximum absolute atomic E-state index is 12.5. The van der Waals surface area contributed by atoms with E-state index in [4.69, 9.17) is 26.4 Å². The highest BCUT2D eigenvalue weighted by molar-refractivity contribution is 7.80. The van der Waals surface area contributed by atoms with Crippen LogP contribution in [-0.2, 0) is 9.53 Å². The van der Waals surface area contributed by atoms with Crippen LogP contribution in [0.2, 0.25) is 0 Å². The number of hydrogen-bond donors (Lipinski definition) is 2. The fourth-order valence-electron chi connectivity index (χ4n) is 2.94. The van der Waals surface area contributed by atoms with E-state index >= 15 is 0 Å². The highest BCUT2D eigenvalue weighted by Crippen LogP contribution is 2.34. The van der Waals surface area contributed by atoms with E-state index < -0.39 is 6.04 Å². The summed E-state index contributed by atoms with van der Waals surface area (Å²) in [7, 11) is 1.60. The molecule has 0 amide bonds. The third-order valence-corrected chi connectivity index (χ3v) is 4.51. The summed E-state index contributed by atoms with van der Waals surface area (Å²) in [5.74, 6) is 0.935. The second kappa shape index (κ2) is 10.2. The van der Waals surface area contributed by atoms with Crippen molar-refractivity contribution in [2.24, 2.45) is 0 Å². The number of hydrogen-bond acceptors (Lipinski definition) is 5. The van der Waals surface area contributed by atoms with E-state index in [1.54, 1.807) is 14.0 Å². The lowest BCUT2D eigenvalue weighted by atomic mass is 9.95. The number of carbonyl (C=O) groups excluding carboxylic acids is 1. The zero-order valence-corrected chi connectivity index (χ0v) is 17.2. The van der Waals surface area contributed by atoms with Gasteiger partial charge in [0, 0.05) is 5.70 Å². The standard InChI is InChI=1S/C20H28N2O4S/c1-5-7-8-11-26-15-10-9-14(12-16(15)24-4)18-17(19(23)25-6-2)13(3)21-20(27)22-18/h9-10,12,18H,5-8,11H2,1-4H3,(H2,21,22,27). The third kappa shape index (κ3) is 5.35. The number of allylic oxidation sites excluding steroid dienone is 1. The van der Waals surface area contributed by atoms with Crippen LogP contribution in [0.5, 0.6) is 11.5 Å². The van der Waals surface area contributed by atoms with Crippen molar-refractivity contribution in [3.63, 3.8) is 0 Å². The van der Waals surface area contributed by atoms with Crippen LogP contribution in [0.25, 0.3) is 0 Å². The molecule has 27 heavy (non-hydrogen) atoms. The number of carbonyl (C=O) groups is 1. The Bertz CT molecular complexity index is 718. The highest BCUT2D eigenvalue weighted by Gasteiger charge is 2.31. The molecule has 0 radical (unpaired) electrons. The van der Waals surface area contributed by atoms with Gasteiger partial charge < -0.3 is 24.8 Å². The van der Waals surface area contributed by atoms with Crippen molar-refractivity contribution in [2.45, 2.75) is 46.1 Å². The Morgan fingerprint density at radius 1 is 1.22 bits per heavy atom. The molecule has 7 heteroatoms. The second-order valence-electron chi connectivity index (χ2n) is 6.26. The lowest BCUT2D eigenvalue weighted by Crippen LogP contribution is -2.45. The van der Waals surface area contributed by atoms with Gasteiger partial charge in [0.15, 0.2) is 16.6 Å². The second-order valence-corrected chi connectivity index (χ2v) is 6.66. The van der Waals surface area contributed by atoms with Crippen molar-refractivity contribution in [2.75, 3.05) is 20.3 Å². The van der Waals surface area contributed by atoms with Gasteiger partial charge in [0.05, 0.1) is 31.9 Å². The summed E-state index contributed by atoms with van der Waals surface area (Å²) in [5, 5.41) is 6.60. The molecule has 1 aromatic rings. The number of benzene rings is 1. The molecule has 2 rings (SSSR count). The fraction of sp³-hybridized carbons (Fsp3) is 0.500. The van der Waals surface area contributed by atoms with Gasteiger partial charge in [-0.15, -0.1) is 0 Å². The minimum Gasteiger partial charge on any atom is -0.493 e. The maximum atomic E-state index is 12.5. The number of esters is 1. The molecule has 1 aliphatic rings. The summed E-state index contributed by atoms with van der Waals surface area (Å²) in [6, 6.07) is 5.23. The van der Waals surface area contributed by atoms with Gasteiger partial charge in [-0.05, 0) is 50.2 Å². The zero-order valence-electron chi connectivity index (χ0n) is 16.4. The van der Waals surface area contributed by atoms with Gasteiger partial charge >= 0.3 is 5.97 Å². The Morgan fingerprint density at radius 3 is 2.67 bits per heavy atom. The first-order valence-corrected chi connectivity index (χ1v) is 9.68. The van der Waals surface area contributed by atoms with Crippen LogP contribution in [0.1, 0.15) is 51.6 Å². The third-order valence-electron chi connectivity index (χ3n) is 4.29. The molecule has 1 heterocycles. The molecule has 0 bridgehead atoms. The summed E-state index contributed by atoms with van der Waals surface area (Å²) in [5.41, 5.74) is 2.03. The average molecular weight is 393 g/mol. The van der Waals surface area contributed by atoms with Crippen LogP contribution in [-0.4, -0.2) is 31.4 Å². The number of rotatable bonds is 9. The molecule has 0 aromatic heterocycles. The summed E-state index contributed by atoms with van der Waals surface area (Å²) in [6.07, 6.45) is 3.27. The molecule has 1 unspecified atom stereocenters. The van der Waals surface area contributed by atoms with Crippen LogP contribution in [0.4, 0.5) is 0 Å². The lowest BCUT2D eigenvalue weighted by Gasteiger charge is -2.30. The van der Waals surface area contributed by atoms with Crippen molar-refractivity contribution in [1.29, 1.82) is 0 Å². The number of unbranched alkanes of at least 4 members (excludes halogenated alkanes) is 2. The first-order valence-electron chi connectivity index (χ1n) is 9.27. The Hall–Kier alpha value is -2.28. The van der Waals surface area contributed by atoms with Crippen LogP contribution < -0.4 is 20.1 Å². The Morgan fingerprint density at radius 2 is 2.00 bits per heavy atom. The quantitative estimate of drug-likeness (QED) is 0.378. The molecule has 0 fully saturated rings. The summed E-state index contributed by atoms with van der Waals surface area (Å²) in [4.78, 5) is 12.5. The Kier molecular flexibility index (Phi) is 7.91. The molecule has 148 valence electrons. The van der Waals surface area contributed by atoms with E-state index in [9.17, 15) is 4.79 Å². The van der Waals surface area contributed by atoms with Crippen LogP contribution in [0, 0.1) is 0 Å². The number of methoxy groups -OCH3 is 1. The minimum absolute atomic E-state index is 0.306. The first-order chi connectivity index (χ1) is 13.0. The predicted octanol–water partition coefficient (Wildman–Crippen LogP) is 3.62. The van der Waals surface area contributed by atoms with Gasteiger partial charge in [0.25, 0.3) is 0 Å². The van der Waals surface area contributed by atoms with Crippen LogP contribution >= 0.6 is 12.2 Å². The van der Waals surface area contributed by atoms with Gasteiger partial charge in [0.1, 0.15) is 0 Å². The van der Waals surface area contributed by atoms with Crippen LogP contribution in [0.15, 0.2) is 29.5 Å². The SMILES string of the molecule is CCCCCOc1ccc(C2NC(=S)NC(C)=C2C(=O)OCC)cc1OC. The normalized spacial score (nSPS) is 16.4. The Balaban J connectivity index is 2.30. The van der Waals surface area contributed by atoms with Gasteiger partial charge in [-0.2, -0.15) is 0 Å². The molecule has 2 N–H and O–H groups in total. The van der Waals surface area contributed by atoms with Gasteiger partial charge in [0.2, 0.25) is 0 Å². The van der Waals surface area contributed by atoms with Crippen molar-refractivity contribution in [1.82, 2.24) is 10.6 Å². The van der Waals surface area contributed by atoms with Crippen molar-refractivity contribution in [3.8, 4) is 11.5 Å². The lowest BCUT2D eigenvalue weighted by molar-refractivity contribution is -0.139. The topological polar surface area (TPSA) is 68.8 Å². The predicted molar refractivity (Wildman–Crippen MR) is 109 cm³/mol.